The van der Waals surface area contributed by atoms with Crippen LogP contribution in [0.25, 0.3) is 0 Å². The highest BCUT2D eigenvalue weighted by molar-refractivity contribution is 5.78. The zero-order valence-electron chi connectivity index (χ0n) is 10.8. The van der Waals surface area contributed by atoms with E-state index in [9.17, 15) is 4.79 Å². The predicted molar refractivity (Wildman–Crippen MR) is 68.9 cm³/mol. The van der Waals surface area contributed by atoms with E-state index in [0.717, 1.165) is 11.1 Å². The lowest BCUT2D eigenvalue weighted by molar-refractivity contribution is -0.126. The number of methoxy groups -OCH3 is 2. The molecular formula is C13H20N2O3. The van der Waals surface area contributed by atoms with E-state index in [0.29, 0.717) is 19.5 Å². The topological polar surface area (TPSA) is 73.6 Å². The van der Waals surface area contributed by atoms with Crippen molar-refractivity contribution in [2.24, 2.45) is 5.73 Å². The Morgan fingerprint density at radius 1 is 1.28 bits per heavy atom. The van der Waals surface area contributed by atoms with E-state index in [1.165, 1.54) is 14.2 Å². The number of hydrogen-bond acceptors (Lipinski definition) is 4. The molecule has 0 spiro atoms. The molecule has 1 amide bonds. The molecular weight excluding hydrogens is 232 g/mol. The van der Waals surface area contributed by atoms with Crippen LogP contribution in [0.3, 0.4) is 0 Å². The average Bonchev–Trinajstić information content (AvgIpc) is 2.40. The van der Waals surface area contributed by atoms with Gasteiger partial charge in [-0.25, -0.2) is 0 Å². The SMILES string of the molecule is COC(CNC(=O)Cc1ccccc1CN)OC. The molecule has 1 aromatic carbocycles. The first-order chi connectivity index (χ1) is 8.71. The van der Waals surface area contributed by atoms with Gasteiger partial charge in [0.15, 0.2) is 6.29 Å². The molecule has 5 heteroatoms. The number of ether oxygens (including phenoxy) is 2. The molecule has 1 aromatic rings. The van der Waals surface area contributed by atoms with E-state index in [1.54, 1.807) is 0 Å². The van der Waals surface area contributed by atoms with Gasteiger partial charge in [0.05, 0.1) is 13.0 Å². The number of rotatable bonds is 7. The minimum Gasteiger partial charge on any atom is -0.354 e. The summed E-state index contributed by atoms with van der Waals surface area (Å²) in [6.45, 7) is 0.763. The lowest BCUT2D eigenvalue weighted by Crippen LogP contribution is -2.35. The molecule has 0 heterocycles. The molecule has 0 aromatic heterocycles. The first kappa shape index (κ1) is 14.6. The van der Waals surface area contributed by atoms with Gasteiger partial charge >= 0.3 is 0 Å². The normalized spacial score (nSPS) is 10.7. The number of carbonyl (C=O) groups excluding carboxylic acids is 1. The van der Waals surface area contributed by atoms with Crippen LogP contribution in [0.5, 0.6) is 0 Å². The van der Waals surface area contributed by atoms with Gasteiger partial charge in [0.25, 0.3) is 0 Å². The van der Waals surface area contributed by atoms with Gasteiger partial charge in [0, 0.05) is 20.8 Å². The standard InChI is InChI=1S/C13H20N2O3/c1-17-13(18-2)9-15-12(16)7-10-5-3-4-6-11(10)8-14/h3-6,13H,7-9,14H2,1-2H3,(H,15,16). The van der Waals surface area contributed by atoms with Crippen molar-refractivity contribution >= 4 is 5.91 Å². The third-order valence-electron chi connectivity index (χ3n) is 2.68. The fourth-order valence-corrected chi connectivity index (χ4v) is 1.62. The van der Waals surface area contributed by atoms with Crippen molar-refractivity contribution in [3.8, 4) is 0 Å². The van der Waals surface area contributed by atoms with Crippen LogP contribution >= 0.6 is 0 Å². The first-order valence-electron chi connectivity index (χ1n) is 5.80. The van der Waals surface area contributed by atoms with E-state index in [2.05, 4.69) is 5.32 Å². The molecule has 3 N–H and O–H groups in total. The maximum Gasteiger partial charge on any atom is 0.224 e. The molecule has 100 valence electrons. The number of nitrogens with two attached hydrogens (primary N) is 1. The second-order valence-corrected chi connectivity index (χ2v) is 3.85. The molecule has 0 aliphatic carbocycles. The van der Waals surface area contributed by atoms with Crippen molar-refractivity contribution in [3.63, 3.8) is 0 Å². The summed E-state index contributed by atoms with van der Waals surface area (Å²) in [6.07, 6.45) is -0.105. The third-order valence-corrected chi connectivity index (χ3v) is 2.68. The van der Waals surface area contributed by atoms with Crippen LogP contribution < -0.4 is 11.1 Å². The Labute approximate surface area is 107 Å². The van der Waals surface area contributed by atoms with Crippen LogP contribution in [-0.4, -0.2) is 33.0 Å². The van der Waals surface area contributed by atoms with E-state index >= 15 is 0 Å². The molecule has 5 nitrogen and oxygen atoms in total. The monoisotopic (exact) mass is 252 g/mol. The van der Waals surface area contributed by atoms with Crippen LogP contribution in [0.2, 0.25) is 0 Å². The molecule has 0 atom stereocenters. The van der Waals surface area contributed by atoms with Gasteiger partial charge in [-0.15, -0.1) is 0 Å². The van der Waals surface area contributed by atoms with Crippen LogP contribution in [-0.2, 0) is 27.2 Å². The lowest BCUT2D eigenvalue weighted by Gasteiger charge is -2.14. The van der Waals surface area contributed by atoms with Gasteiger partial charge in [-0.2, -0.15) is 0 Å². The highest BCUT2D eigenvalue weighted by atomic mass is 16.7. The molecule has 18 heavy (non-hydrogen) atoms. The summed E-state index contributed by atoms with van der Waals surface area (Å²) in [5, 5.41) is 2.75. The highest BCUT2D eigenvalue weighted by Crippen LogP contribution is 2.08. The molecule has 0 radical (unpaired) electrons. The lowest BCUT2D eigenvalue weighted by atomic mass is 10.0. The van der Waals surface area contributed by atoms with Crippen LogP contribution in [0.1, 0.15) is 11.1 Å². The Kier molecular flexibility index (Phi) is 6.35. The Morgan fingerprint density at radius 2 is 1.89 bits per heavy atom. The zero-order valence-corrected chi connectivity index (χ0v) is 10.8. The molecule has 0 fully saturated rings. The first-order valence-corrected chi connectivity index (χ1v) is 5.80. The fraction of sp³-hybridized carbons (Fsp3) is 0.462. The summed E-state index contributed by atoms with van der Waals surface area (Å²) < 4.78 is 9.98. The molecule has 0 saturated carbocycles. The predicted octanol–water partition coefficient (Wildman–Crippen LogP) is 0.423. The van der Waals surface area contributed by atoms with E-state index < -0.39 is 6.29 Å². The quantitative estimate of drug-likeness (QED) is 0.690. The summed E-state index contributed by atoms with van der Waals surface area (Å²) in [5.41, 5.74) is 7.56. The van der Waals surface area contributed by atoms with Gasteiger partial charge in [-0.3, -0.25) is 4.79 Å². The summed E-state index contributed by atoms with van der Waals surface area (Å²) in [5.74, 6) is -0.0741. The van der Waals surface area contributed by atoms with E-state index in [-0.39, 0.29) is 5.91 Å². The maximum absolute atomic E-state index is 11.8. The summed E-state index contributed by atoms with van der Waals surface area (Å²) >= 11 is 0. The van der Waals surface area contributed by atoms with Crippen LogP contribution in [0, 0.1) is 0 Å². The van der Waals surface area contributed by atoms with Crippen molar-refractivity contribution < 1.29 is 14.3 Å². The van der Waals surface area contributed by atoms with Crippen molar-refractivity contribution in [3.05, 3.63) is 35.4 Å². The Morgan fingerprint density at radius 3 is 2.44 bits per heavy atom. The molecule has 0 aliphatic heterocycles. The summed E-state index contributed by atoms with van der Waals surface area (Å²) in [6, 6.07) is 7.64. The number of benzene rings is 1. The fourth-order valence-electron chi connectivity index (χ4n) is 1.62. The smallest absolute Gasteiger partial charge is 0.224 e. The van der Waals surface area contributed by atoms with E-state index in [1.807, 2.05) is 24.3 Å². The molecule has 0 unspecified atom stereocenters. The molecule has 0 saturated heterocycles. The number of hydrogen-bond donors (Lipinski definition) is 2. The van der Waals surface area contributed by atoms with E-state index in [4.69, 9.17) is 15.2 Å². The van der Waals surface area contributed by atoms with Crippen molar-refractivity contribution in [1.82, 2.24) is 5.32 Å². The second-order valence-electron chi connectivity index (χ2n) is 3.85. The maximum atomic E-state index is 11.8. The average molecular weight is 252 g/mol. The Balaban J connectivity index is 2.49. The number of carbonyl (C=O) groups is 1. The minimum atomic E-state index is -0.418. The van der Waals surface area contributed by atoms with Gasteiger partial charge in [0.2, 0.25) is 5.91 Å². The van der Waals surface area contributed by atoms with Crippen molar-refractivity contribution in [2.45, 2.75) is 19.3 Å². The molecule has 0 bridgehead atoms. The van der Waals surface area contributed by atoms with Gasteiger partial charge < -0.3 is 20.5 Å². The van der Waals surface area contributed by atoms with Crippen molar-refractivity contribution in [2.75, 3.05) is 20.8 Å². The van der Waals surface area contributed by atoms with Crippen molar-refractivity contribution in [1.29, 1.82) is 0 Å². The van der Waals surface area contributed by atoms with Crippen LogP contribution in [0.15, 0.2) is 24.3 Å². The largest absolute Gasteiger partial charge is 0.354 e. The zero-order chi connectivity index (χ0) is 13.4. The highest BCUT2D eigenvalue weighted by Gasteiger charge is 2.10. The Bertz CT molecular complexity index is 378. The summed E-state index contributed by atoms with van der Waals surface area (Å²) in [7, 11) is 3.06. The van der Waals surface area contributed by atoms with Gasteiger partial charge in [-0.05, 0) is 11.1 Å². The number of nitrogens with one attached hydrogen (secondary N) is 1. The Hall–Kier alpha value is -1.43. The summed E-state index contributed by atoms with van der Waals surface area (Å²) in [4.78, 5) is 11.8. The minimum absolute atomic E-state index is 0.0741. The third kappa shape index (κ3) is 4.44. The van der Waals surface area contributed by atoms with Gasteiger partial charge in [-0.1, -0.05) is 24.3 Å². The molecule has 0 aliphatic rings. The second kappa shape index (κ2) is 7.81. The van der Waals surface area contributed by atoms with Gasteiger partial charge in [0.1, 0.15) is 0 Å². The molecule has 1 rings (SSSR count). The number of amides is 1. The van der Waals surface area contributed by atoms with Crippen LogP contribution in [0.4, 0.5) is 0 Å².